The third kappa shape index (κ3) is 4.68. The van der Waals surface area contributed by atoms with Crippen LogP contribution in [0.5, 0.6) is 5.75 Å². The number of hydrazone groups is 1. The standard InChI is InChI=1S/C21H17F3N2O2/c1-14(28-18-11-10-15-6-2-3-7-16(15)12-18)20(27)26-25-13-17-8-4-5-9-19(17)21(22,23)24/h2-14H,1H3,(H,26,27)/b25-13-/t14-/m0/s1. The first-order valence-electron chi connectivity index (χ1n) is 8.49. The van der Waals surface area contributed by atoms with Crippen molar-refractivity contribution >= 4 is 22.9 Å². The quantitative estimate of drug-likeness (QED) is 0.507. The summed E-state index contributed by atoms with van der Waals surface area (Å²) in [7, 11) is 0. The van der Waals surface area contributed by atoms with Crippen molar-refractivity contribution in [1.29, 1.82) is 0 Å². The number of hydrogen-bond acceptors (Lipinski definition) is 3. The lowest BCUT2D eigenvalue weighted by molar-refractivity contribution is -0.137. The predicted molar refractivity (Wildman–Crippen MR) is 101 cm³/mol. The van der Waals surface area contributed by atoms with E-state index < -0.39 is 23.8 Å². The van der Waals surface area contributed by atoms with Crippen LogP contribution in [0, 0.1) is 0 Å². The van der Waals surface area contributed by atoms with E-state index >= 15 is 0 Å². The smallest absolute Gasteiger partial charge is 0.417 e. The van der Waals surface area contributed by atoms with Gasteiger partial charge in [0.25, 0.3) is 5.91 Å². The molecule has 4 nitrogen and oxygen atoms in total. The van der Waals surface area contributed by atoms with Crippen LogP contribution in [0.1, 0.15) is 18.1 Å². The van der Waals surface area contributed by atoms with E-state index in [0.29, 0.717) is 5.75 Å². The van der Waals surface area contributed by atoms with Gasteiger partial charge in [-0.15, -0.1) is 0 Å². The zero-order valence-electron chi connectivity index (χ0n) is 14.9. The Labute approximate surface area is 159 Å². The summed E-state index contributed by atoms with van der Waals surface area (Å²) < 4.78 is 44.4. The number of carbonyl (C=O) groups excluding carboxylic acids is 1. The van der Waals surface area contributed by atoms with E-state index in [-0.39, 0.29) is 5.56 Å². The lowest BCUT2D eigenvalue weighted by atomic mass is 10.1. The largest absolute Gasteiger partial charge is 0.481 e. The Balaban J connectivity index is 1.64. The highest BCUT2D eigenvalue weighted by molar-refractivity contribution is 5.86. The Morgan fingerprint density at radius 3 is 2.46 bits per heavy atom. The molecule has 0 bridgehead atoms. The third-order valence-corrected chi connectivity index (χ3v) is 4.05. The number of nitrogens with one attached hydrogen (secondary N) is 1. The molecule has 0 heterocycles. The Hall–Kier alpha value is -3.35. The summed E-state index contributed by atoms with van der Waals surface area (Å²) in [6.07, 6.45) is -4.42. The molecule has 0 spiro atoms. The van der Waals surface area contributed by atoms with Crippen LogP contribution in [-0.2, 0) is 11.0 Å². The van der Waals surface area contributed by atoms with E-state index in [9.17, 15) is 18.0 Å². The number of halogens is 3. The van der Waals surface area contributed by atoms with Crippen molar-refractivity contribution in [3.8, 4) is 5.75 Å². The zero-order valence-corrected chi connectivity index (χ0v) is 14.9. The predicted octanol–water partition coefficient (Wildman–Crippen LogP) is 4.78. The molecule has 0 unspecified atom stereocenters. The monoisotopic (exact) mass is 386 g/mol. The van der Waals surface area contributed by atoms with E-state index in [1.54, 1.807) is 6.07 Å². The Bertz CT molecular complexity index is 1020. The number of fused-ring (bicyclic) bond motifs is 1. The number of rotatable bonds is 5. The number of carbonyl (C=O) groups is 1. The maximum Gasteiger partial charge on any atom is 0.417 e. The molecule has 7 heteroatoms. The molecule has 1 N–H and O–H groups in total. The minimum absolute atomic E-state index is 0.140. The van der Waals surface area contributed by atoms with Gasteiger partial charge in [-0.3, -0.25) is 4.79 Å². The van der Waals surface area contributed by atoms with Crippen LogP contribution in [0.4, 0.5) is 13.2 Å². The van der Waals surface area contributed by atoms with Crippen LogP contribution in [0.2, 0.25) is 0 Å². The number of hydrogen-bond donors (Lipinski definition) is 1. The molecule has 0 aliphatic rings. The molecule has 1 atom stereocenters. The third-order valence-electron chi connectivity index (χ3n) is 4.05. The fraction of sp³-hybridized carbons (Fsp3) is 0.143. The summed E-state index contributed by atoms with van der Waals surface area (Å²) in [4.78, 5) is 12.1. The molecular weight excluding hydrogens is 369 g/mol. The highest BCUT2D eigenvalue weighted by Crippen LogP contribution is 2.31. The summed E-state index contributed by atoms with van der Waals surface area (Å²) in [6.45, 7) is 1.53. The lowest BCUT2D eigenvalue weighted by Crippen LogP contribution is -2.33. The maximum atomic E-state index is 12.9. The summed E-state index contributed by atoms with van der Waals surface area (Å²) in [5.41, 5.74) is 1.24. The second-order valence-electron chi connectivity index (χ2n) is 6.09. The van der Waals surface area contributed by atoms with Crippen LogP contribution in [0.25, 0.3) is 10.8 Å². The molecule has 0 radical (unpaired) electrons. The van der Waals surface area contributed by atoms with Crippen molar-refractivity contribution in [2.24, 2.45) is 5.10 Å². The molecule has 0 saturated carbocycles. The van der Waals surface area contributed by atoms with Gasteiger partial charge in [-0.25, -0.2) is 5.43 Å². The molecule has 3 rings (SSSR count). The normalized spacial score (nSPS) is 12.9. The van der Waals surface area contributed by atoms with E-state index in [4.69, 9.17) is 4.74 Å². The van der Waals surface area contributed by atoms with Crippen molar-refractivity contribution in [3.63, 3.8) is 0 Å². The summed E-state index contributed by atoms with van der Waals surface area (Å²) in [5, 5.41) is 5.63. The number of amides is 1. The second kappa shape index (κ2) is 8.12. The summed E-state index contributed by atoms with van der Waals surface area (Å²) >= 11 is 0. The fourth-order valence-electron chi connectivity index (χ4n) is 2.62. The average Bonchev–Trinajstić information content (AvgIpc) is 2.67. The van der Waals surface area contributed by atoms with E-state index in [0.717, 1.165) is 23.1 Å². The van der Waals surface area contributed by atoms with Crippen LogP contribution >= 0.6 is 0 Å². The minimum atomic E-state index is -4.50. The van der Waals surface area contributed by atoms with Gasteiger partial charge in [0.15, 0.2) is 6.10 Å². The van der Waals surface area contributed by atoms with Gasteiger partial charge in [0.05, 0.1) is 11.8 Å². The van der Waals surface area contributed by atoms with Gasteiger partial charge in [0, 0.05) is 5.56 Å². The minimum Gasteiger partial charge on any atom is -0.481 e. The van der Waals surface area contributed by atoms with Gasteiger partial charge in [-0.05, 0) is 35.9 Å². The van der Waals surface area contributed by atoms with Crippen molar-refractivity contribution in [3.05, 3.63) is 77.9 Å². The summed E-state index contributed by atoms with van der Waals surface area (Å²) in [6, 6.07) is 18.1. The van der Waals surface area contributed by atoms with Crippen molar-refractivity contribution in [2.45, 2.75) is 19.2 Å². The molecule has 3 aromatic carbocycles. The molecule has 0 aliphatic heterocycles. The SMILES string of the molecule is C[C@H](Oc1ccc2ccccc2c1)C(=O)N/N=C\c1ccccc1C(F)(F)F. The second-order valence-corrected chi connectivity index (χ2v) is 6.09. The van der Waals surface area contributed by atoms with E-state index in [2.05, 4.69) is 10.5 Å². The van der Waals surface area contributed by atoms with Crippen LogP contribution in [-0.4, -0.2) is 18.2 Å². The molecule has 3 aromatic rings. The topological polar surface area (TPSA) is 50.7 Å². The van der Waals surface area contributed by atoms with Crippen molar-refractivity contribution in [1.82, 2.24) is 5.43 Å². The average molecular weight is 386 g/mol. The van der Waals surface area contributed by atoms with E-state index in [1.165, 1.54) is 25.1 Å². The number of alkyl halides is 3. The molecule has 28 heavy (non-hydrogen) atoms. The Kier molecular flexibility index (Phi) is 5.63. The first kappa shape index (κ1) is 19.4. The molecule has 0 saturated heterocycles. The molecule has 1 amide bonds. The van der Waals surface area contributed by atoms with Crippen LogP contribution < -0.4 is 10.2 Å². The highest BCUT2D eigenvalue weighted by Gasteiger charge is 2.32. The molecule has 0 fully saturated rings. The van der Waals surface area contributed by atoms with Gasteiger partial charge in [0.2, 0.25) is 0 Å². The van der Waals surface area contributed by atoms with Gasteiger partial charge < -0.3 is 4.74 Å². The zero-order chi connectivity index (χ0) is 20.1. The molecular formula is C21H17F3N2O2. The number of nitrogens with zero attached hydrogens (tertiary/aromatic N) is 1. The Morgan fingerprint density at radius 1 is 1.04 bits per heavy atom. The first-order valence-corrected chi connectivity index (χ1v) is 8.49. The van der Waals surface area contributed by atoms with Gasteiger partial charge >= 0.3 is 6.18 Å². The fourth-order valence-corrected chi connectivity index (χ4v) is 2.62. The van der Waals surface area contributed by atoms with Crippen molar-refractivity contribution in [2.75, 3.05) is 0 Å². The van der Waals surface area contributed by atoms with Crippen LogP contribution in [0.3, 0.4) is 0 Å². The van der Waals surface area contributed by atoms with E-state index in [1.807, 2.05) is 36.4 Å². The van der Waals surface area contributed by atoms with Crippen molar-refractivity contribution < 1.29 is 22.7 Å². The first-order chi connectivity index (χ1) is 13.3. The van der Waals surface area contributed by atoms with Crippen LogP contribution in [0.15, 0.2) is 71.8 Å². The Morgan fingerprint density at radius 2 is 1.71 bits per heavy atom. The maximum absolute atomic E-state index is 12.9. The van der Waals surface area contributed by atoms with Gasteiger partial charge in [0.1, 0.15) is 5.75 Å². The lowest BCUT2D eigenvalue weighted by Gasteiger charge is -2.13. The van der Waals surface area contributed by atoms with Gasteiger partial charge in [-0.2, -0.15) is 18.3 Å². The number of benzene rings is 3. The summed E-state index contributed by atoms with van der Waals surface area (Å²) in [5.74, 6) is -0.0679. The molecule has 144 valence electrons. The molecule has 0 aliphatic carbocycles. The molecule has 0 aromatic heterocycles. The highest BCUT2D eigenvalue weighted by atomic mass is 19.4. The number of ether oxygens (including phenoxy) is 1. The van der Waals surface area contributed by atoms with Gasteiger partial charge in [-0.1, -0.05) is 48.5 Å².